The second-order valence-corrected chi connectivity index (χ2v) is 32.4. The molecule has 0 rings (SSSR count). The second kappa shape index (κ2) is 68.5. The van der Waals surface area contributed by atoms with Gasteiger partial charge in [0.15, 0.2) is 12.2 Å². The lowest BCUT2D eigenvalue weighted by molar-refractivity contribution is -0.161. The predicted octanol–water partition coefficient (Wildman–Crippen LogP) is 23.0. The number of carbonyl (C=O) groups is 4. The lowest BCUT2D eigenvalue weighted by atomic mass is 10.0. The molecule has 2 unspecified atom stereocenters. The molecule has 0 aliphatic heterocycles. The number of carbonyl (C=O) groups excluding carboxylic acids is 4. The van der Waals surface area contributed by atoms with Gasteiger partial charge in [-0.15, -0.1) is 0 Å². The van der Waals surface area contributed by atoms with Gasteiger partial charge in [-0.1, -0.05) is 350 Å². The first-order valence-corrected chi connectivity index (χ1v) is 43.3. The summed E-state index contributed by atoms with van der Waals surface area (Å²) < 4.78 is 68.6. The SMILES string of the molecule is CCCCCCCCCCCCCCCCC(=O)OC[C@H](COP(=O)(O)OC[C@@H](O)COP(=O)(O)OC[C@@H](COC(=O)CCCCCCCCCCC(C)C)OC(=O)CCCCCCCCCCC(C)C)OC(=O)CCCCCCCCCCCCCCCCCCCCC(C)C. The molecule has 0 fully saturated rings. The van der Waals surface area contributed by atoms with E-state index in [1.807, 2.05) is 0 Å². The highest BCUT2D eigenvalue weighted by molar-refractivity contribution is 7.47. The molecule has 0 aliphatic rings. The maximum absolute atomic E-state index is 13.1. The smallest absolute Gasteiger partial charge is 0.462 e. The van der Waals surface area contributed by atoms with Crippen molar-refractivity contribution in [3.8, 4) is 0 Å². The van der Waals surface area contributed by atoms with Gasteiger partial charge in [-0.25, -0.2) is 9.13 Å². The number of rotatable bonds is 76. The molecule has 0 aromatic carbocycles. The summed E-state index contributed by atoms with van der Waals surface area (Å²) in [5, 5.41) is 10.6. The van der Waals surface area contributed by atoms with Gasteiger partial charge in [-0.05, 0) is 43.4 Å². The van der Waals surface area contributed by atoms with Crippen LogP contribution in [0.2, 0.25) is 0 Å². The molecule has 0 saturated carbocycles. The Labute approximate surface area is 594 Å². The van der Waals surface area contributed by atoms with Crippen molar-refractivity contribution in [3.05, 3.63) is 0 Å². The Balaban J connectivity index is 5.21. The van der Waals surface area contributed by atoms with Gasteiger partial charge in [-0.2, -0.15) is 0 Å². The number of ether oxygens (including phenoxy) is 4. The Morgan fingerprint density at radius 3 is 0.701 bits per heavy atom. The van der Waals surface area contributed by atoms with Gasteiger partial charge < -0.3 is 33.8 Å². The highest BCUT2D eigenvalue weighted by atomic mass is 31.2. The molecule has 19 heteroatoms. The van der Waals surface area contributed by atoms with Crippen molar-refractivity contribution in [2.45, 2.75) is 420 Å². The van der Waals surface area contributed by atoms with Crippen LogP contribution in [-0.4, -0.2) is 96.7 Å². The number of unbranched alkanes of at least 4 members (excludes halogenated alkanes) is 44. The van der Waals surface area contributed by atoms with Crippen molar-refractivity contribution in [1.82, 2.24) is 0 Å². The van der Waals surface area contributed by atoms with Gasteiger partial charge in [-0.3, -0.25) is 37.3 Å². The lowest BCUT2D eigenvalue weighted by Gasteiger charge is -2.21. The molecule has 0 radical (unpaired) electrons. The maximum atomic E-state index is 13.1. The zero-order chi connectivity index (χ0) is 71.6. The Bertz CT molecular complexity index is 1890. The van der Waals surface area contributed by atoms with Crippen molar-refractivity contribution in [2.75, 3.05) is 39.6 Å². The summed E-state index contributed by atoms with van der Waals surface area (Å²) >= 11 is 0. The summed E-state index contributed by atoms with van der Waals surface area (Å²) in [4.78, 5) is 72.8. The van der Waals surface area contributed by atoms with Crippen LogP contribution >= 0.6 is 15.6 Å². The second-order valence-electron chi connectivity index (χ2n) is 29.5. The molecule has 0 amide bonds. The van der Waals surface area contributed by atoms with Crippen molar-refractivity contribution < 1.29 is 80.2 Å². The topological polar surface area (TPSA) is 237 Å². The van der Waals surface area contributed by atoms with Crippen LogP contribution in [0.15, 0.2) is 0 Å². The molecule has 97 heavy (non-hydrogen) atoms. The minimum atomic E-state index is -4.96. The standard InChI is InChI=1S/C78H152O17P2/c1-8-9-10-11-12-13-14-15-23-26-29-38-45-52-59-75(80)88-65-73(94-77(82)61-54-47-40-30-27-24-21-19-17-16-18-20-22-25-28-35-42-49-56-69(2)3)67-92-96(84,85)90-63-72(79)64-91-97(86,87)93-68-74(95-78(83)62-55-48-41-34-32-37-44-51-58-71(6)7)66-89-76(81)60-53-46-39-33-31-36-43-50-57-70(4)5/h69-74,79H,8-68H2,1-7H3,(H,84,85)(H,86,87)/t72-,73-,74-/m1/s1. The van der Waals surface area contributed by atoms with E-state index in [1.165, 1.54) is 212 Å². The molecular formula is C78H152O17P2. The quantitative estimate of drug-likeness (QED) is 0.0222. The monoisotopic (exact) mass is 1420 g/mol. The average Bonchev–Trinajstić information content (AvgIpc) is 1.62. The van der Waals surface area contributed by atoms with Crippen LogP contribution in [0.1, 0.15) is 402 Å². The number of hydrogen-bond donors (Lipinski definition) is 3. The van der Waals surface area contributed by atoms with Gasteiger partial charge in [0.25, 0.3) is 0 Å². The van der Waals surface area contributed by atoms with Crippen LogP contribution in [0.4, 0.5) is 0 Å². The van der Waals surface area contributed by atoms with Gasteiger partial charge in [0.05, 0.1) is 26.4 Å². The van der Waals surface area contributed by atoms with E-state index in [1.54, 1.807) is 0 Å². The molecule has 3 N–H and O–H groups in total. The van der Waals surface area contributed by atoms with Crippen molar-refractivity contribution >= 4 is 39.5 Å². The Hall–Kier alpha value is -1.94. The van der Waals surface area contributed by atoms with Gasteiger partial charge in [0, 0.05) is 25.7 Å². The van der Waals surface area contributed by atoms with Gasteiger partial charge in [0.1, 0.15) is 19.3 Å². The highest BCUT2D eigenvalue weighted by Gasteiger charge is 2.30. The first-order valence-electron chi connectivity index (χ1n) is 40.3. The summed E-state index contributed by atoms with van der Waals surface area (Å²) in [6.07, 6.45) is 55.6. The fourth-order valence-electron chi connectivity index (χ4n) is 12.0. The lowest BCUT2D eigenvalue weighted by Crippen LogP contribution is -2.30. The zero-order valence-corrected chi connectivity index (χ0v) is 65.3. The van der Waals surface area contributed by atoms with Crippen molar-refractivity contribution in [2.24, 2.45) is 17.8 Å². The summed E-state index contributed by atoms with van der Waals surface area (Å²) in [6.45, 7) is 11.9. The number of phosphoric acid groups is 2. The molecule has 17 nitrogen and oxygen atoms in total. The fraction of sp³-hybridized carbons (Fsp3) is 0.949. The number of aliphatic hydroxyl groups is 1. The predicted molar refractivity (Wildman–Crippen MR) is 395 cm³/mol. The average molecular weight is 1420 g/mol. The van der Waals surface area contributed by atoms with Crippen molar-refractivity contribution in [1.29, 1.82) is 0 Å². The zero-order valence-electron chi connectivity index (χ0n) is 63.5. The van der Waals surface area contributed by atoms with E-state index in [0.717, 1.165) is 108 Å². The summed E-state index contributed by atoms with van der Waals surface area (Å²) in [6, 6.07) is 0. The fourth-order valence-corrected chi connectivity index (χ4v) is 13.5. The summed E-state index contributed by atoms with van der Waals surface area (Å²) in [5.74, 6) is 0.148. The molecule has 0 spiro atoms. The van der Waals surface area contributed by atoms with Crippen LogP contribution in [-0.2, 0) is 65.4 Å². The third-order valence-corrected chi connectivity index (χ3v) is 20.0. The van der Waals surface area contributed by atoms with E-state index >= 15 is 0 Å². The van der Waals surface area contributed by atoms with Crippen LogP contribution in [0.5, 0.6) is 0 Å². The number of phosphoric ester groups is 2. The number of hydrogen-bond acceptors (Lipinski definition) is 15. The largest absolute Gasteiger partial charge is 0.472 e. The first-order chi connectivity index (χ1) is 46.7. The number of esters is 4. The van der Waals surface area contributed by atoms with E-state index in [4.69, 9.17) is 37.0 Å². The molecule has 0 aromatic rings. The van der Waals surface area contributed by atoms with Crippen LogP contribution in [0.25, 0.3) is 0 Å². The Morgan fingerprint density at radius 2 is 0.474 bits per heavy atom. The maximum Gasteiger partial charge on any atom is 0.472 e. The van der Waals surface area contributed by atoms with E-state index in [-0.39, 0.29) is 25.7 Å². The third kappa shape index (κ3) is 72.2. The summed E-state index contributed by atoms with van der Waals surface area (Å²) in [5.41, 5.74) is 0. The molecule has 0 saturated heterocycles. The van der Waals surface area contributed by atoms with Crippen LogP contribution in [0, 0.1) is 17.8 Å². The number of aliphatic hydroxyl groups excluding tert-OH is 1. The molecule has 0 bridgehead atoms. The van der Waals surface area contributed by atoms with E-state index in [2.05, 4.69) is 48.5 Å². The first kappa shape index (κ1) is 95.1. The van der Waals surface area contributed by atoms with E-state index in [9.17, 15) is 43.2 Å². The summed E-state index contributed by atoms with van der Waals surface area (Å²) in [7, 11) is -9.91. The minimum absolute atomic E-state index is 0.104. The third-order valence-electron chi connectivity index (χ3n) is 18.1. The molecule has 5 atom stereocenters. The van der Waals surface area contributed by atoms with Gasteiger partial charge >= 0.3 is 39.5 Å². The molecular weight excluding hydrogens is 1270 g/mol. The Kier molecular flexibility index (Phi) is 67.1. The van der Waals surface area contributed by atoms with Crippen LogP contribution < -0.4 is 0 Å². The Morgan fingerprint density at radius 1 is 0.278 bits per heavy atom. The minimum Gasteiger partial charge on any atom is -0.462 e. The molecule has 0 heterocycles. The normalized spacial score (nSPS) is 14.0. The molecule has 576 valence electrons. The highest BCUT2D eigenvalue weighted by Crippen LogP contribution is 2.45. The van der Waals surface area contributed by atoms with Crippen molar-refractivity contribution in [3.63, 3.8) is 0 Å². The van der Waals surface area contributed by atoms with E-state index in [0.29, 0.717) is 25.7 Å². The van der Waals surface area contributed by atoms with Crippen LogP contribution in [0.3, 0.4) is 0 Å². The van der Waals surface area contributed by atoms with E-state index < -0.39 is 97.5 Å². The molecule has 0 aliphatic carbocycles. The molecule has 0 aromatic heterocycles. The van der Waals surface area contributed by atoms with Gasteiger partial charge in [0.2, 0.25) is 0 Å².